The molecule has 4 heteroatoms. The summed E-state index contributed by atoms with van der Waals surface area (Å²) in [4.78, 5) is 11.8. The summed E-state index contributed by atoms with van der Waals surface area (Å²) in [6.45, 7) is 3.95. The number of ether oxygens (including phenoxy) is 1. The SMILES string of the molecule is C=CCCCCC(Br)COC(=O)[C@@H](O)c1ccccc1. The molecule has 0 aliphatic carbocycles. The maximum atomic E-state index is 11.7. The van der Waals surface area contributed by atoms with Crippen LogP contribution in [0.1, 0.15) is 37.4 Å². The van der Waals surface area contributed by atoms with Crippen molar-refractivity contribution in [1.29, 1.82) is 0 Å². The first-order valence-corrected chi connectivity index (χ1v) is 7.71. The number of aliphatic hydroxyl groups excluding tert-OH is 1. The van der Waals surface area contributed by atoms with Crippen molar-refractivity contribution in [1.82, 2.24) is 0 Å². The molecule has 20 heavy (non-hydrogen) atoms. The number of hydrogen-bond donors (Lipinski definition) is 1. The number of aliphatic hydroxyl groups is 1. The Bertz CT molecular complexity index is 405. The third-order valence-electron chi connectivity index (χ3n) is 2.92. The van der Waals surface area contributed by atoms with Crippen molar-refractivity contribution in [2.24, 2.45) is 0 Å². The second kappa shape index (κ2) is 9.72. The lowest BCUT2D eigenvalue weighted by atomic mass is 10.1. The first-order chi connectivity index (χ1) is 9.65. The Kier molecular flexibility index (Phi) is 8.23. The number of hydrogen-bond acceptors (Lipinski definition) is 3. The van der Waals surface area contributed by atoms with E-state index < -0.39 is 12.1 Å². The van der Waals surface area contributed by atoms with Gasteiger partial charge in [-0.3, -0.25) is 0 Å². The molecule has 0 amide bonds. The number of rotatable bonds is 9. The summed E-state index contributed by atoms with van der Waals surface area (Å²) in [6.07, 6.45) is 4.78. The molecule has 1 unspecified atom stereocenters. The van der Waals surface area contributed by atoms with Crippen molar-refractivity contribution in [2.75, 3.05) is 6.61 Å². The fourth-order valence-corrected chi connectivity index (χ4v) is 2.22. The van der Waals surface area contributed by atoms with Crippen LogP contribution in [0.3, 0.4) is 0 Å². The largest absolute Gasteiger partial charge is 0.462 e. The van der Waals surface area contributed by atoms with E-state index in [9.17, 15) is 9.90 Å². The van der Waals surface area contributed by atoms with Gasteiger partial charge in [0, 0.05) is 4.83 Å². The Labute approximate surface area is 128 Å². The Morgan fingerprint density at radius 3 is 2.70 bits per heavy atom. The number of allylic oxidation sites excluding steroid dienone is 1. The number of halogens is 1. The fraction of sp³-hybridized carbons (Fsp3) is 0.438. The van der Waals surface area contributed by atoms with Crippen LogP contribution in [0.4, 0.5) is 0 Å². The van der Waals surface area contributed by atoms with E-state index in [1.807, 2.05) is 12.1 Å². The van der Waals surface area contributed by atoms with E-state index >= 15 is 0 Å². The molecule has 0 aromatic heterocycles. The minimum Gasteiger partial charge on any atom is -0.462 e. The van der Waals surface area contributed by atoms with Gasteiger partial charge in [0.25, 0.3) is 0 Å². The molecule has 1 rings (SSSR count). The number of carbonyl (C=O) groups is 1. The normalized spacial score (nSPS) is 13.5. The molecule has 3 nitrogen and oxygen atoms in total. The van der Waals surface area contributed by atoms with Crippen LogP contribution in [0, 0.1) is 0 Å². The van der Waals surface area contributed by atoms with Crippen molar-refractivity contribution in [3.05, 3.63) is 48.6 Å². The van der Waals surface area contributed by atoms with E-state index in [2.05, 4.69) is 22.5 Å². The van der Waals surface area contributed by atoms with Crippen LogP contribution in [0.2, 0.25) is 0 Å². The summed E-state index contributed by atoms with van der Waals surface area (Å²) in [5.41, 5.74) is 0.551. The Balaban J connectivity index is 2.27. The molecule has 0 aliphatic heterocycles. The lowest BCUT2D eigenvalue weighted by molar-refractivity contribution is -0.153. The summed E-state index contributed by atoms with van der Waals surface area (Å²) in [7, 11) is 0. The van der Waals surface area contributed by atoms with Crippen LogP contribution >= 0.6 is 15.9 Å². The molecule has 1 aromatic rings. The van der Waals surface area contributed by atoms with Gasteiger partial charge in [0.2, 0.25) is 0 Å². The number of benzene rings is 1. The smallest absolute Gasteiger partial charge is 0.339 e. The molecule has 0 radical (unpaired) electrons. The van der Waals surface area contributed by atoms with Crippen LogP contribution in [0.15, 0.2) is 43.0 Å². The van der Waals surface area contributed by atoms with Gasteiger partial charge >= 0.3 is 5.97 Å². The first-order valence-electron chi connectivity index (χ1n) is 6.79. The standard InChI is InChI=1S/C16H21BrO3/c1-2-3-4-8-11-14(17)12-20-16(19)15(18)13-9-6-5-7-10-13/h2,5-7,9-10,14-15,18H,1,3-4,8,11-12H2/t14?,15-/m0/s1. The maximum Gasteiger partial charge on any atom is 0.339 e. The number of esters is 1. The Morgan fingerprint density at radius 2 is 2.05 bits per heavy atom. The molecule has 0 heterocycles. The van der Waals surface area contributed by atoms with Crippen molar-refractivity contribution in [2.45, 2.75) is 36.6 Å². The molecule has 0 bridgehead atoms. The molecule has 2 atom stereocenters. The van der Waals surface area contributed by atoms with Gasteiger partial charge in [0.05, 0.1) is 0 Å². The van der Waals surface area contributed by atoms with Crippen LogP contribution in [0.25, 0.3) is 0 Å². The second-order valence-corrected chi connectivity index (χ2v) is 5.91. The van der Waals surface area contributed by atoms with Gasteiger partial charge in [-0.2, -0.15) is 0 Å². The molecule has 0 aliphatic rings. The van der Waals surface area contributed by atoms with Crippen LogP contribution < -0.4 is 0 Å². The van der Waals surface area contributed by atoms with Crippen LogP contribution in [-0.2, 0) is 9.53 Å². The van der Waals surface area contributed by atoms with Gasteiger partial charge < -0.3 is 9.84 Å². The van der Waals surface area contributed by atoms with Crippen LogP contribution in [0.5, 0.6) is 0 Å². The molecule has 0 saturated carbocycles. The van der Waals surface area contributed by atoms with Crippen molar-refractivity contribution in [3.63, 3.8) is 0 Å². The molecule has 0 fully saturated rings. The lowest BCUT2D eigenvalue weighted by Gasteiger charge is -2.13. The predicted octanol–water partition coefficient (Wildman–Crippen LogP) is 3.77. The molecule has 110 valence electrons. The summed E-state index contributed by atoms with van der Waals surface area (Å²) < 4.78 is 5.12. The molecular weight excluding hydrogens is 320 g/mol. The number of carbonyl (C=O) groups excluding carboxylic acids is 1. The highest BCUT2D eigenvalue weighted by atomic mass is 79.9. The van der Waals surface area contributed by atoms with Gasteiger partial charge in [-0.25, -0.2) is 4.79 Å². The Hall–Kier alpha value is -1.13. The zero-order valence-corrected chi connectivity index (χ0v) is 13.1. The molecule has 1 N–H and O–H groups in total. The third kappa shape index (κ3) is 6.35. The van der Waals surface area contributed by atoms with E-state index in [-0.39, 0.29) is 11.4 Å². The average molecular weight is 341 g/mol. The summed E-state index contributed by atoms with van der Waals surface area (Å²) in [6, 6.07) is 8.79. The van der Waals surface area contributed by atoms with E-state index in [1.165, 1.54) is 0 Å². The summed E-state index contributed by atoms with van der Waals surface area (Å²) >= 11 is 3.48. The maximum absolute atomic E-state index is 11.7. The van der Waals surface area contributed by atoms with E-state index in [0.717, 1.165) is 25.7 Å². The van der Waals surface area contributed by atoms with E-state index in [1.54, 1.807) is 24.3 Å². The monoisotopic (exact) mass is 340 g/mol. The van der Waals surface area contributed by atoms with Gasteiger partial charge in [-0.1, -0.05) is 58.8 Å². The van der Waals surface area contributed by atoms with E-state index in [0.29, 0.717) is 5.56 Å². The van der Waals surface area contributed by atoms with Crippen molar-refractivity contribution in [3.8, 4) is 0 Å². The highest BCUT2D eigenvalue weighted by Gasteiger charge is 2.19. The first kappa shape index (κ1) is 16.9. The third-order valence-corrected chi connectivity index (χ3v) is 3.64. The van der Waals surface area contributed by atoms with Crippen molar-refractivity contribution >= 4 is 21.9 Å². The van der Waals surface area contributed by atoms with Crippen LogP contribution in [-0.4, -0.2) is 22.5 Å². The van der Waals surface area contributed by atoms with Gasteiger partial charge in [-0.05, 0) is 24.8 Å². The number of unbranched alkanes of at least 4 members (excludes halogenated alkanes) is 2. The Morgan fingerprint density at radius 1 is 1.35 bits per heavy atom. The lowest BCUT2D eigenvalue weighted by Crippen LogP contribution is -2.19. The highest BCUT2D eigenvalue weighted by Crippen LogP contribution is 2.16. The minimum atomic E-state index is -1.21. The molecule has 0 saturated heterocycles. The minimum absolute atomic E-state index is 0.124. The quantitative estimate of drug-likeness (QED) is 0.322. The summed E-state index contributed by atoms with van der Waals surface area (Å²) in [5, 5.41) is 9.85. The van der Waals surface area contributed by atoms with E-state index in [4.69, 9.17) is 4.74 Å². The highest BCUT2D eigenvalue weighted by molar-refractivity contribution is 9.09. The second-order valence-electron chi connectivity index (χ2n) is 4.61. The molecule has 0 spiro atoms. The zero-order chi connectivity index (χ0) is 14.8. The van der Waals surface area contributed by atoms with Gasteiger partial charge in [0.15, 0.2) is 6.10 Å². The fourth-order valence-electron chi connectivity index (χ4n) is 1.76. The molecule has 1 aromatic carbocycles. The average Bonchev–Trinajstić information content (AvgIpc) is 2.49. The number of alkyl halides is 1. The predicted molar refractivity (Wildman–Crippen MR) is 83.7 cm³/mol. The van der Waals surface area contributed by atoms with Crippen molar-refractivity contribution < 1.29 is 14.6 Å². The molecular formula is C16H21BrO3. The van der Waals surface area contributed by atoms with Gasteiger partial charge in [0.1, 0.15) is 6.61 Å². The topological polar surface area (TPSA) is 46.5 Å². The summed E-state index contributed by atoms with van der Waals surface area (Å²) in [5.74, 6) is -0.605. The van der Waals surface area contributed by atoms with Gasteiger partial charge in [-0.15, -0.1) is 6.58 Å². The zero-order valence-electron chi connectivity index (χ0n) is 11.5.